The quantitative estimate of drug-likeness (QED) is 0.855. The maximum atomic E-state index is 11.0. The van der Waals surface area contributed by atoms with Crippen LogP contribution in [-0.4, -0.2) is 28.0 Å². The van der Waals surface area contributed by atoms with Gasteiger partial charge < -0.3 is 19.6 Å². The molecule has 1 aliphatic rings. The molecular weight excluding hydrogens is 294 g/mol. The minimum atomic E-state index is -0.467. The molecule has 0 saturated carbocycles. The van der Waals surface area contributed by atoms with Crippen molar-refractivity contribution < 1.29 is 18.7 Å². The van der Waals surface area contributed by atoms with Gasteiger partial charge in [-0.25, -0.2) is 0 Å². The van der Waals surface area contributed by atoms with Gasteiger partial charge in [0.1, 0.15) is 6.61 Å². The minimum Gasteiger partial charge on any atom is -0.485 e. The van der Waals surface area contributed by atoms with E-state index in [1.54, 1.807) is 6.92 Å². The van der Waals surface area contributed by atoms with Gasteiger partial charge in [0, 0.05) is 0 Å². The van der Waals surface area contributed by atoms with Crippen LogP contribution in [-0.2, 0) is 4.79 Å². The lowest BCUT2D eigenvalue weighted by Crippen LogP contribution is -2.22. The van der Waals surface area contributed by atoms with Crippen molar-refractivity contribution >= 4 is 17.7 Å². The van der Waals surface area contributed by atoms with E-state index in [-0.39, 0.29) is 11.8 Å². The molecule has 0 bridgehead atoms. The van der Waals surface area contributed by atoms with Crippen molar-refractivity contribution in [1.82, 2.24) is 10.2 Å². The minimum absolute atomic E-state index is 0.277. The van der Waals surface area contributed by atoms with Crippen LogP contribution in [0, 0.1) is 0 Å². The number of nitrogens with two attached hydrogens (primary N) is 1. The Morgan fingerprint density at radius 1 is 1.38 bits per heavy atom. The lowest BCUT2D eigenvalue weighted by molar-refractivity contribution is -0.117. The Bertz CT molecular complexity index is 660. The molecule has 1 aromatic carbocycles. The monoisotopic (exact) mass is 307 g/mol. The van der Waals surface area contributed by atoms with Crippen LogP contribution in [0.15, 0.2) is 33.9 Å². The van der Waals surface area contributed by atoms with E-state index >= 15 is 0 Å². The second kappa shape index (κ2) is 5.65. The number of thioether (sulfide) groups is 1. The van der Waals surface area contributed by atoms with E-state index in [0.717, 1.165) is 11.8 Å². The fraction of sp³-hybridized carbons (Fsp3) is 0.308. The van der Waals surface area contributed by atoms with Crippen molar-refractivity contribution in [2.45, 2.75) is 23.5 Å². The number of hydrogen-bond acceptors (Lipinski definition) is 7. The van der Waals surface area contributed by atoms with E-state index in [1.807, 2.05) is 24.3 Å². The number of carbonyl (C=O) groups is 1. The average molecular weight is 307 g/mol. The van der Waals surface area contributed by atoms with Gasteiger partial charge in [-0.05, 0) is 19.1 Å². The Labute approximate surface area is 124 Å². The number of primary amides is 1. The number of benzene rings is 1. The summed E-state index contributed by atoms with van der Waals surface area (Å²) in [6, 6.07) is 7.36. The fourth-order valence-corrected chi connectivity index (χ4v) is 2.39. The van der Waals surface area contributed by atoms with E-state index in [1.165, 1.54) is 0 Å². The van der Waals surface area contributed by atoms with E-state index in [2.05, 4.69) is 10.2 Å². The first-order chi connectivity index (χ1) is 10.1. The van der Waals surface area contributed by atoms with Gasteiger partial charge >= 0.3 is 0 Å². The van der Waals surface area contributed by atoms with Crippen LogP contribution >= 0.6 is 11.8 Å². The van der Waals surface area contributed by atoms with Crippen molar-refractivity contribution in [3.63, 3.8) is 0 Å². The molecule has 0 radical (unpaired) electrons. The highest BCUT2D eigenvalue weighted by molar-refractivity contribution is 8.00. The van der Waals surface area contributed by atoms with Crippen LogP contribution in [0.1, 0.15) is 18.9 Å². The summed E-state index contributed by atoms with van der Waals surface area (Å²) in [6.07, 6.45) is -0.467. The number of para-hydroxylation sites is 2. The maximum absolute atomic E-state index is 11.0. The zero-order valence-electron chi connectivity index (χ0n) is 11.2. The van der Waals surface area contributed by atoms with Gasteiger partial charge in [0.2, 0.25) is 12.0 Å². The first-order valence-electron chi connectivity index (χ1n) is 6.31. The van der Waals surface area contributed by atoms with E-state index in [4.69, 9.17) is 19.6 Å². The summed E-state index contributed by atoms with van der Waals surface area (Å²) in [5.74, 6) is 1.19. The smallest absolute Gasteiger partial charge is 0.277 e. The molecule has 2 N–H and O–H groups in total. The highest BCUT2D eigenvalue weighted by Gasteiger charge is 2.27. The van der Waals surface area contributed by atoms with Crippen molar-refractivity contribution in [3.05, 3.63) is 30.2 Å². The van der Waals surface area contributed by atoms with Gasteiger partial charge in [-0.1, -0.05) is 23.9 Å². The Kier molecular flexibility index (Phi) is 3.70. The van der Waals surface area contributed by atoms with Crippen molar-refractivity contribution in [2.24, 2.45) is 5.73 Å². The van der Waals surface area contributed by atoms with Crippen LogP contribution in [0.3, 0.4) is 0 Å². The van der Waals surface area contributed by atoms with E-state index in [9.17, 15) is 4.79 Å². The van der Waals surface area contributed by atoms with Crippen LogP contribution < -0.4 is 15.2 Å². The zero-order chi connectivity index (χ0) is 14.8. The summed E-state index contributed by atoms with van der Waals surface area (Å²) >= 11 is 1.11. The lowest BCUT2D eigenvalue weighted by atomic mass is 10.2. The number of nitrogens with zero attached hydrogens (tertiary/aromatic N) is 2. The maximum Gasteiger partial charge on any atom is 0.277 e. The van der Waals surface area contributed by atoms with Crippen LogP contribution in [0.25, 0.3) is 0 Å². The molecule has 2 aromatic rings. The molecule has 0 saturated heterocycles. The molecule has 1 aromatic heterocycles. The molecule has 110 valence electrons. The largest absolute Gasteiger partial charge is 0.485 e. The molecule has 2 atom stereocenters. The summed E-state index contributed by atoms with van der Waals surface area (Å²) in [5, 5.41) is 7.64. The number of hydrogen-bond donors (Lipinski definition) is 1. The third-order valence-electron chi connectivity index (χ3n) is 2.88. The third kappa shape index (κ3) is 2.94. The average Bonchev–Trinajstić information content (AvgIpc) is 2.95. The summed E-state index contributed by atoms with van der Waals surface area (Å²) in [7, 11) is 0. The Morgan fingerprint density at radius 3 is 2.90 bits per heavy atom. The molecule has 3 rings (SSSR count). The predicted molar refractivity (Wildman–Crippen MR) is 74.1 cm³/mol. The number of amides is 1. The second-order valence-electron chi connectivity index (χ2n) is 4.43. The van der Waals surface area contributed by atoms with Crippen LogP contribution in [0.2, 0.25) is 0 Å². The molecule has 2 heterocycles. The van der Waals surface area contributed by atoms with Gasteiger partial charge in [-0.15, -0.1) is 10.2 Å². The van der Waals surface area contributed by atoms with Gasteiger partial charge in [0.05, 0.1) is 5.25 Å². The lowest BCUT2D eigenvalue weighted by Gasteiger charge is -2.23. The van der Waals surface area contributed by atoms with Crippen LogP contribution in [0.5, 0.6) is 11.5 Å². The molecular formula is C13H13N3O4S. The highest BCUT2D eigenvalue weighted by atomic mass is 32.2. The number of carbonyl (C=O) groups excluding carboxylic acids is 1. The zero-order valence-corrected chi connectivity index (χ0v) is 12.0. The summed E-state index contributed by atoms with van der Waals surface area (Å²) in [6.45, 7) is 1.96. The Balaban J connectivity index is 1.71. The predicted octanol–water partition coefficient (Wildman–Crippen LogP) is 1.55. The van der Waals surface area contributed by atoms with Gasteiger partial charge in [0.15, 0.2) is 11.5 Å². The first-order valence-corrected chi connectivity index (χ1v) is 7.19. The standard InChI is InChI=1S/C13H13N3O4S/c1-7(11(14)17)21-13-16-15-12(20-13)10-6-18-8-4-2-3-5-9(8)19-10/h2-5,7,10H,6H2,1H3,(H2,14,17)/t7-,10+/m0/s1. The van der Waals surface area contributed by atoms with Gasteiger partial charge in [0.25, 0.3) is 11.1 Å². The molecule has 7 nitrogen and oxygen atoms in total. The highest BCUT2D eigenvalue weighted by Crippen LogP contribution is 2.36. The van der Waals surface area contributed by atoms with Crippen molar-refractivity contribution in [3.8, 4) is 11.5 Å². The molecule has 0 aliphatic carbocycles. The number of aromatic nitrogens is 2. The van der Waals surface area contributed by atoms with Crippen LogP contribution in [0.4, 0.5) is 0 Å². The van der Waals surface area contributed by atoms with E-state index < -0.39 is 17.3 Å². The second-order valence-corrected chi connectivity index (χ2v) is 5.72. The Morgan fingerprint density at radius 2 is 2.14 bits per heavy atom. The molecule has 0 unspecified atom stereocenters. The summed E-state index contributed by atoms with van der Waals surface area (Å²) in [5.41, 5.74) is 5.19. The molecule has 1 amide bonds. The summed E-state index contributed by atoms with van der Waals surface area (Å²) in [4.78, 5) is 11.0. The van der Waals surface area contributed by atoms with Gasteiger partial charge in [-0.2, -0.15) is 0 Å². The van der Waals surface area contributed by atoms with Crippen molar-refractivity contribution in [2.75, 3.05) is 6.61 Å². The normalized spacial score (nSPS) is 18.2. The number of rotatable bonds is 4. The molecule has 1 aliphatic heterocycles. The topological polar surface area (TPSA) is 100 Å². The SMILES string of the molecule is C[C@H](Sc1nnc([C@H]2COc3ccccc3O2)o1)C(N)=O. The van der Waals surface area contributed by atoms with Gasteiger partial charge in [-0.3, -0.25) is 4.79 Å². The number of ether oxygens (including phenoxy) is 2. The number of fused-ring (bicyclic) bond motifs is 1. The third-order valence-corrected chi connectivity index (χ3v) is 3.84. The molecule has 8 heteroatoms. The molecule has 0 spiro atoms. The van der Waals surface area contributed by atoms with Crippen molar-refractivity contribution in [1.29, 1.82) is 0 Å². The van der Waals surface area contributed by atoms with E-state index in [0.29, 0.717) is 17.4 Å². The molecule has 0 fully saturated rings. The fourth-order valence-electron chi connectivity index (χ4n) is 1.75. The molecule has 21 heavy (non-hydrogen) atoms. The first kappa shape index (κ1) is 13.7. The summed E-state index contributed by atoms with van der Waals surface area (Å²) < 4.78 is 16.8. The Hall–Kier alpha value is -2.22.